The van der Waals surface area contributed by atoms with E-state index in [2.05, 4.69) is 24.1 Å². The lowest BCUT2D eigenvalue weighted by Crippen LogP contribution is -2.33. The maximum Gasteiger partial charge on any atom is 0.0202 e. The number of hydrogen-bond donors (Lipinski definition) is 1. The summed E-state index contributed by atoms with van der Waals surface area (Å²) in [5.41, 5.74) is 5.73. The van der Waals surface area contributed by atoms with Gasteiger partial charge in [0.15, 0.2) is 0 Å². The Labute approximate surface area is 56.3 Å². The zero-order valence-electron chi connectivity index (χ0n) is 5.88. The summed E-state index contributed by atoms with van der Waals surface area (Å²) in [7, 11) is 2.09. The highest BCUT2D eigenvalue weighted by Gasteiger charge is 2.05. The van der Waals surface area contributed by atoms with Crippen molar-refractivity contribution in [3.63, 3.8) is 0 Å². The quantitative estimate of drug-likeness (QED) is 0.470. The number of rotatable bonds is 0. The molecular formula is C7H14N2. The molecule has 1 atom stereocenters. The van der Waals surface area contributed by atoms with Crippen LogP contribution in [0.2, 0.25) is 0 Å². The Bertz CT molecular complexity index is 97.5. The fourth-order valence-electron chi connectivity index (χ4n) is 1.07. The van der Waals surface area contributed by atoms with Crippen LogP contribution in [0.15, 0.2) is 12.2 Å². The predicted molar refractivity (Wildman–Crippen MR) is 39.2 cm³/mol. The molecule has 0 spiro atoms. The highest BCUT2D eigenvalue weighted by Crippen LogP contribution is 1.98. The van der Waals surface area contributed by atoms with Gasteiger partial charge in [0.25, 0.3) is 0 Å². The van der Waals surface area contributed by atoms with E-state index in [1.807, 2.05) is 0 Å². The molecule has 0 aromatic rings. The first kappa shape index (κ1) is 6.78. The van der Waals surface area contributed by atoms with Crippen LogP contribution >= 0.6 is 0 Å². The van der Waals surface area contributed by atoms with E-state index in [4.69, 9.17) is 5.73 Å². The Morgan fingerprint density at radius 1 is 1.56 bits per heavy atom. The normalized spacial score (nSPS) is 30.2. The second kappa shape index (κ2) is 2.99. The standard InChI is InChI=1S/C7H14N2/c1-9-5-3-2-4-7(8)6-9/h2-3,7H,4-6,8H2,1H3. The van der Waals surface area contributed by atoms with E-state index in [0.717, 1.165) is 19.5 Å². The van der Waals surface area contributed by atoms with E-state index in [1.165, 1.54) is 0 Å². The summed E-state index contributed by atoms with van der Waals surface area (Å²) in [6.07, 6.45) is 5.37. The average Bonchev–Trinajstić information content (AvgIpc) is 1.93. The molecular weight excluding hydrogens is 112 g/mol. The van der Waals surface area contributed by atoms with Gasteiger partial charge in [0.05, 0.1) is 0 Å². The van der Waals surface area contributed by atoms with Crippen LogP contribution in [-0.4, -0.2) is 31.1 Å². The molecule has 0 aliphatic carbocycles. The molecule has 2 nitrogen and oxygen atoms in total. The number of likely N-dealkylation sites (N-methyl/N-ethyl adjacent to an activating group) is 1. The molecule has 0 fully saturated rings. The summed E-state index contributed by atoms with van der Waals surface area (Å²) in [4.78, 5) is 2.23. The molecule has 1 unspecified atom stereocenters. The minimum absolute atomic E-state index is 0.341. The van der Waals surface area contributed by atoms with Gasteiger partial charge < -0.3 is 10.6 Å². The van der Waals surface area contributed by atoms with Crippen LogP contribution in [0.5, 0.6) is 0 Å². The van der Waals surface area contributed by atoms with Crippen molar-refractivity contribution >= 4 is 0 Å². The molecule has 0 aromatic carbocycles. The fourth-order valence-corrected chi connectivity index (χ4v) is 1.07. The third-order valence-electron chi connectivity index (χ3n) is 1.57. The molecule has 2 N–H and O–H groups in total. The van der Waals surface area contributed by atoms with Crippen molar-refractivity contribution in [3.05, 3.63) is 12.2 Å². The fraction of sp³-hybridized carbons (Fsp3) is 0.714. The van der Waals surface area contributed by atoms with Crippen molar-refractivity contribution in [2.45, 2.75) is 12.5 Å². The first-order chi connectivity index (χ1) is 4.29. The molecule has 0 aromatic heterocycles. The van der Waals surface area contributed by atoms with Crippen molar-refractivity contribution in [3.8, 4) is 0 Å². The summed E-state index contributed by atoms with van der Waals surface area (Å²) < 4.78 is 0. The minimum Gasteiger partial charge on any atom is -0.326 e. The van der Waals surface area contributed by atoms with Crippen LogP contribution in [0.25, 0.3) is 0 Å². The molecule has 1 aliphatic heterocycles. The minimum atomic E-state index is 0.341. The molecule has 0 saturated heterocycles. The number of hydrogen-bond acceptors (Lipinski definition) is 2. The van der Waals surface area contributed by atoms with E-state index >= 15 is 0 Å². The highest BCUT2D eigenvalue weighted by molar-refractivity contribution is 4.91. The lowest BCUT2D eigenvalue weighted by Gasteiger charge is -2.15. The summed E-state index contributed by atoms with van der Waals surface area (Å²) in [6.45, 7) is 2.07. The van der Waals surface area contributed by atoms with Crippen LogP contribution < -0.4 is 5.73 Å². The molecule has 2 heteroatoms. The zero-order chi connectivity index (χ0) is 6.69. The van der Waals surface area contributed by atoms with Gasteiger partial charge in [-0.1, -0.05) is 12.2 Å². The number of nitrogens with zero attached hydrogens (tertiary/aromatic N) is 1. The molecule has 0 radical (unpaired) electrons. The Morgan fingerprint density at radius 2 is 2.33 bits per heavy atom. The maximum absolute atomic E-state index is 5.73. The molecule has 1 aliphatic rings. The molecule has 0 bridgehead atoms. The van der Waals surface area contributed by atoms with Gasteiger partial charge in [-0.2, -0.15) is 0 Å². The predicted octanol–water partition coefficient (Wildman–Crippen LogP) is 0.205. The van der Waals surface area contributed by atoms with Gasteiger partial charge in [-0.25, -0.2) is 0 Å². The Kier molecular flexibility index (Phi) is 2.25. The van der Waals surface area contributed by atoms with Crippen molar-refractivity contribution in [2.24, 2.45) is 5.73 Å². The van der Waals surface area contributed by atoms with Crippen molar-refractivity contribution < 1.29 is 0 Å². The van der Waals surface area contributed by atoms with Gasteiger partial charge >= 0.3 is 0 Å². The zero-order valence-corrected chi connectivity index (χ0v) is 5.88. The molecule has 52 valence electrons. The van der Waals surface area contributed by atoms with Crippen LogP contribution in [0.4, 0.5) is 0 Å². The molecule has 0 saturated carbocycles. The summed E-state index contributed by atoms with van der Waals surface area (Å²) in [5.74, 6) is 0. The van der Waals surface area contributed by atoms with Crippen molar-refractivity contribution in [2.75, 3.05) is 20.1 Å². The van der Waals surface area contributed by atoms with Crippen LogP contribution in [-0.2, 0) is 0 Å². The van der Waals surface area contributed by atoms with E-state index in [-0.39, 0.29) is 0 Å². The van der Waals surface area contributed by atoms with Crippen molar-refractivity contribution in [1.29, 1.82) is 0 Å². The van der Waals surface area contributed by atoms with Crippen LogP contribution in [0, 0.1) is 0 Å². The van der Waals surface area contributed by atoms with Gasteiger partial charge in [0.2, 0.25) is 0 Å². The summed E-state index contributed by atoms with van der Waals surface area (Å²) >= 11 is 0. The van der Waals surface area contributed by atoms with Crippen LogP contribution in [0.1, 0.15) is 6.42 Å². The first-order valence-electron chi connectivity index (χ1n) is 3.38. The SMILES string of the molecule is CN1CC=CCC(N)C1. The highest BCUT2D eigenvalue weighted by atomic mass is 15.1. The second-order valence-corrected chi connectivity index (χ2v) is 2.69. The Hall–Kier alpha value is -0.340. The molecule has 1 rings (SSSR count). The lowest BCUT2D eigenvalue weighted by molar-refractivity contribution is 0.349. The summed E-state index contributed by atoms with van der Waals surface area (Å²) in [5, 5.41) is 0. The third-order valence-corrected chi connectivity index (χ3v) is 1.57. The van der Waals surface area contributed by atoms with Gasteiger partial charge in [-0.05, 0) is 13.5 Å². The van der Waals surface area contributed by atoms with Crippen LogP contribution in [0.3, 0.4) is 0 Å². The largest absolute Gasteiger partial charge is 0.326 e. The maximum atomic E-state index is 5.73. The van der Waals surface area contributed by atoms with Gasteiger partial charge in [0.1, 0.15) is 0 Å². The van der Waals surface area contributed by atoms with Gasteiger partial charge in [-0.3, -0.25) is 0 Å². The van der Waals surface area contributed by atoms with E-state index < -0.39 is 0 Å². The molecule has 1 heterocycles. The van der Waals surface area contributed by atoms with E-state index in [0.29, 0.717) is 6.04 Å². The average molecular weight is 126 g/mol. The van der Waals surface area contributed by atoms with Gasteiger partial charge in [0, 0.05) is 19.1 Å². The Balaban J connectivity index is 2.40. The summed E-state index contributed by atoms with van der Waals surface area (Å²) in [6, 6.07) is 0.341. The third kappa shape index (κ3) is 2.16. The smallest absolute Gasteiger partial charge is 0.0202 e. The number of nitrogens with two attached hydrogens (primary N) is 1. The van der Waals surface area contributed by atoms with E-state index in [9.17, 15) is 0 Å². The second-order valence-electron chi connectivity index (χ2n) is 2.69. The van der Waals surface area contributed by atoms with Gasteiger partial charge in [-0.15, -0.1) is 0 Å². The topological polar surface area (TPSA) is 29.3 Å². The van der Waals surface area contributed by atoms with E-state index in [1.54, 1.807) is 0 Å². The first-order valence-corrected chi connectivity index (χ1v) is 3.38. The lowest BCUT2D eigenvalue weighted by atomic mass is 10.2. The monoisotopic (exact) mass is 126 g/mol. The van der Waals surface area contributed by atoms with Crippen molar-refractivity contribution in [1.82, 2.24) is 4.90 Å². The molecule has 9 heavy (non-hydrogen) atoms. The Morgan fingerprint density at radius 3 is 3.11 bits per heavy atom. The molecule has 0 amide bonds.